The molecule has 1 aromatic carbocycles. The van der Waals surface area contributed by atoms with Crippen LogP contribution >= 0.6 is 0 Å². The van der Waals surface area contributed by atoms with Crippen LogP contribution in [0, 0.1) is 5.92 Å². The molecule has 0 bridgehead atoms. The molecule has 0 radical (unpaired) electrons. The van der Waals surface area contributed by atoms with Gasteiger partial charge in [0.05, 0.1) is 17.4 Å². The van der Waals surface area contributed by atoms with Gasteiger partial charge in [0.2, 0.25) is 10.0 Å². The third kappa shape index (κ3) is 2.40. The van der Waals surface area contributed by atoms with Gasteiger partial charge in [-0.25, -0.2) is 8.42 Å². The average molecular weight is 295 g/mol. The number of sulfonamides is 1. The maximum atomic E-state index is 12.5. The Morgan fingerprint density at radius 3 is 2.60 bits per heavy atom. The summed E-state index contributed by atoms with van der Waals surface area (Å²) in [4.78, 5) is 11.3. The zero-order valence-corrected chi connectivity index (χ0v) is 11.8. The van der Waals surface area contributed by atoms with Gasteiger partial charge in [-0.3, -0.25) is 9.10 Å². The van der Waals surface area contributed by atoms with Crippen LogP contribution in [0.4, 0.5) is 5.69 Å². The first-order valence-corrected chi connectivity index (χ1v) is 8.42. The molecule has 1 atom stereocenters. The van der Waals surface area contributed by atoms with Crippen LogP contribution in [0.3, 0.4) is 0 Å². The molecule has 20 heavy (non-hydrogen) atoms. The number of nitrogens with zero attached hydrogens (tertiary/aromatic N) is 1. The lowest BCUT2D eigenvalue weighted by atomic mass is 9.91. The first-order valence-electron chi connectivity index (χ1n) is 6.81. The third-order valence-electron chi connectivity index (χ3n) is 3.98. The fourth-order valence-electron chi connectivity index (χ4n) is 2.75. The van der Waals surface area contributed by atoms with Crippen molar-refractivity contribution < 1.29 is 18.3 Å². The lowest BCUT2D eigenvalue weighted by Crippen LogP contribution is -2.39. The maximum absolute atomic E-state index is 12.5. The molecule has 1 unspecified atom stereocenters. The van der Waals surface area contributed by atoms with Gasteiger partial charge in [0.15, 0.2) is 0 Å². The number of carboxylic acid groups (broad SMARTS) is 1. The number of rotatable bonds is 4. The Labute approximate surface area is 118 Å². The number of para-hydroxylation sites is 1. The maximum Gasteiger partial charge on any atom is 0.311 e. The number of hydrogen-bond donors (Lipinski definition) is 1. The number of fused-ring (bicyclic) bond motifs is 1. The second kappa shape index (κ2) is 4.77. The summed E-state index contributed by atoms with van der Waals surface area (Å²) in [5.74, 6) is -1.04. The van der Waals surface area contributed by atoms with Crippen molar-refractivity contribution in [1.29, 1.82) is 0 Å². The minimum atomic E-state index is -3.34. The van der Waals surface area contributed by atoms with Crippen LogP contribution in [-0.4, -0.2) is 31.8 Å². The molecule has 1 aromatic rings. The van der Waals surface area contributed by atoms with Gasteiger partial charge in [0.1, 0.15) is 0 Å². The van der Waals surface area contributed by atoms with Gasteiger partial charge in [-0.15, -0.1) is 0 Å². The minimum absolute atomic E-state index is 0.180. The third-order valence-corrected chi connectivity index (χ3v) is 5.92. The number of carbonyl (C=O) groups is 1. The highest BCUT2D eigenvalue weighted by Crippen LogP contribution is 2.39. The number of benzene rings is 1. The Morgan fingerprint density at radius 2 is 1.95 bits per heavy atom. The zero-order valence-electron chi connectivity index (χ0n) is 11.0. The molecule has 3 rings (SSSR count). The van der Waals surface area contributed by atoms with E-state index in [1.54, 1.807) is 24.3 Å². The van der Waals surface area contributed by atoms with Crippen molar-refractivity contribution in [2.75, 3.05) is 16.6 Å². The van der Waals surface area contributed by atoms with Crippen molar-refractivity contribution in [3.63, 3.8) is 0 Å². The predicted octanol–water partition coefficient (Wildman–Crippen LogP) is 1.80. The Hall–Kier alpha value is -1.56. The van der Waals surface area contributed by atoms with E-state index < -0.39 is 21.9 Å². The van der Waals surface area contributed by atoms with Crippen molar-refractivity contribution in [3.05, 3.63) is 29.8 Å². The summed E-state index contributed by atoms with van der Waals surface area (Å²) in [6, 6.07) is 6.93. The molecule has 1 aliphatic heterocycles. The van der Waals surface area contributed by atoms with Crippen molar-refractivity contribution in [2.45, 2.75) is 25.2 Å². The molecule has 6 heteroatoms. The fraction of sp³-hybridized carbons (Fsp3) is 0.500. The Morgan fingerprint density at radius 1 is 1.25 bits per heavy atom. The standard InChI is InChI=1S/C14H17NO4S/c16-14(17)12-7-8-15(13-4-2-1-3-11(12)13)20(18,19)9-10-5-6-10/h1-4,10,12H,5-9H2,(H,16,17). The summed E-state index contributed by atoms with van der Waals surface area (Å²) in [6.07, 6.45) is 2.29. The van der Waals surface area contributed by atoms with Gasteiger partial charge in [-0.1, -0.05) is 18.2 Å². The molecule has 1 fully saturated rings. The molecule has 2 aliphatic rings. The quantitative estimate of drug-likeness (QED) is 0.919. The van der Waals surface area contributed by atoms with Gasteiger partial charge < -0.3 is 5.11 Å². The van der Waals surface area contributed by atoms with Crippen molar-refractivity contribution >= 4 is 21.7 Å². The summed E-state index contributed by atoms with van der Waals surface area (Å²) >= 11 is 0. The molecule has 1 aliphatic carbocycles. The van der Waals surface area contributed by atoms with Crippen LogP contribution < -0.4 is 4.31 Å². The number of aliphatic carboxylic acids is 1. The molecule has 0 amide bonds. The topological polar surface area (TPSA) is 74.7 Å². The number of hydrogen-bond acceptors (Lipinski definition) is 3. The van der Waals surface area contributed by atoms with Crippen LogP contribution in [0.15, 0.2) is 24.3 Å². The smallest absolute Gasteiger partial charge is 0.311 e. The van der Waals surface area contributed by atoms with Crippen molar-refractivity contribution in [2.24, 2.45) is 5.92 Å². The van der Waals surface area contributed by atoms with E-state index in [1.165, 1.54) is 4.31 Å². The lowest BCUT2D eigenvalue weighted by molar-refractivity contribution is -0.139. The van der Waals surface area contributed by atoms with E-state index in [1.807, 2.05) is 0 Å². The summed E-state index contributed by atoms with van der Waals surface area (Å²) in [6.45, 7) is 0.253. The Balaban J connectivity index is 1.98. The highest BCUT2D eigenvalue weighted by Gasteiger charge is 2.37. The van der Waals surface area contributed by atoms with E-state index in [-0.39, 0.29) is 18.2 Å². The molecule has 0 saturated heterocycles. The predicted molar refractivity (Wildman–Crippen MR) is 75.3 cm³/mol. The lowest BCUT2D eigenvalue weighted by Gasteiger charge is -2.33. The highest BCUT2D eigenvalue weighted by atomic mass is 32.2. The molecule has 1 N–H and O–H groups in total. The van der Waals surface area contributed by atoms with Crippen LogP contribution in [0.2, 0.25) is 0 Å². The molecule has 1 heterocycles. The molecule has 0 spiro atoms. The monoisotopic (exact) mass is 295 g/mol. The average Bonchev–Trinajstić information content (AvgIpc) is 3.20. The normalized spacial score (nSPS) is 22.4. The van der Waals surface area contributed by atoms with Crippen LogP contribution in [0.5, 0.6) is 0 Å². The fourth-order valence-corrected chi connectivity index (χ4v) is 4.71. The first-order chi connectivity index (χ1) is 9.49. The van der Waals surface area contributed by atoms with E-state index in [0.29, 0.717) is 17.7 Å². The largest absolute Gasteiger partial charge is 0.481 e. The van der Waals surface area contributed by atoms with Crippen LogP contribution in [0.25, 0.3) is 0 Å². The molecular weight excluding hydrogens is 278 g/mol. The molecule has 108 valence electrons. The Bertz CT molecular complexity index is 636. The van der Waals surface area contributed by atoms with E-state index in [4.69, 9.17) is 0 Å². The van der Waals surface area contributed by atoms with Crippen LogP contribution in [-0.2, 0) is 14.8 Å². The molecule has 1 saturated carbocycles. The van der Waals surface area contributed by atoms with Gasteiger partial charge in [0.25, 0.3) is 0 Å². The van der Waals surface area contributed by atoms with Gasteiger partial charge in [-0.2, -0.15) is 0 Å². The first kappa shape index (κ1) is 13.4. The number of carboxylic acids is 1. The second-order valence-corrected chi connectivity index (χ2v) is 7.47. The summed E-state index contributed by atoms with van der Waals surface area (Å²) in [7, 11) is -3.34. The van der Waals surface area contributed by atoms with Crippen LogP contribution in [0.1, 0.15) is 30.7 Å². The molecule has 5 nitrogen and oxygen atoms in total. The van der Waals surface area contributed by atoms with Crippen molar-refractivity contribution in [3.8, 4) is 0 Å². The summed E-state index contributed by atoms with van der Waals surface area (Å²) in [5, 5.41) is 9.26. The van der Waals surface area contributed by atoms with Gasteiger partial charge >= 0.3 is 5.97 Å². The van der Waals surface area contributed by atoms with Gasteiger partial charge in [-0.05, 0) is 36.8 Å². The summed E-state index contributed by atoms with van der Waals surface area (Å²) < 4.78 is 26.3. The Kier molecular flexibility index (Phi) is 3.20. The van der Waals surface area contributed by atoms with E-state index in [0.717, 1.165) is 12.8 Å². The van der Waals surface area contributed by atoms with E-state index in [9.17, 15) is 18.3 Å². The number of anilines is 1. The van der Waals surface area contributed by atoms with Crippen molar-refractivity contribution in [1.82, 2.24) is 0 Å². The minimum Gasteiger partial charge on any atom is -0.481 e. The molecule has 0 aromatic heterocycles. The van der Waals surface area contributed by atoms with E-state index in [2.05, 4.69) is 0 Å². The summed E-state index contributed by atoms with van der Waals surface area (Å²) in [5.41, 5.74) is 1.14. The zero-order chi connectivity index (χ0) is 14.3. The molecular formula is C14H17NO4S. The van der Waals surface area contributed by atoms with Gasteiger partial charge in [0, 0.05) is 6.54 Å². The van der Waals surface area contributed by atoms with E-state index >= 15 is 0 Å². The highest BCUT2D eigenvalue weighted by molar-refractivity contribution is 7.92. The SMILES string of the molecule is O=C(O)C1CCN(S(=O)(=O)CC2CC2)c2ccccc21. The second-order valence-electron chi connectivity index (χ2n) is 5.53.